The minimum atomic E-state index is -2.31. The summed E-state index contributed by atoms with van der Waals surface area (Å²) in [4.78, 5) is 20.9. The van der Waals surface area contributed by atoms with Crippen molar-refractivity contribution in [2.45, 2.75) is 24.4 Å². The summed E-state index contributed by atoms with van der Waals surface area (Å²) < 4.78 is 4.03. The summed E-state index contributed by atoms with van der Waals surface area (Å²) in [5, 5.41) is 44.2. The summed E-state index contributed by atoms with van der Waals surface area (Å²) >= 11 is 0. The number of aliphatic carboxylic acids is 1. The van der Waals surface area contributed by atoms with Gasteiger partial charge in [-0.15, -0.1) is 0 Å². The minimum absolute atomic E-state index is 0.929. The van der Waals surface area contributed by atoms with E-state index in [1.54, 1.807) is 0 Å². The van der Waals surface area contributed by atoms with E-state index in [0.717, 1.165) is 7.11 Å². The van der Waals surface area contributed by atoms with Crippen molar-refractivity contribution < 1.29 is 39.9 Å². The Morgan fingerprint density at radius 2 is 1.40 bits per heavy atom. The van der Waals surface area contributed by atoms with E-state index in [-0.39, 0.29) is 0 Å². The van der Waals surface area contributed by atoms with Gasteiger partial charge in [-0.25, -0.2) is 9.59 Å². The molecule has 0 fully saturated rings. The number of carbonyl (C=O) groups excluding carboxylic acids is 1. The van der Waals surface area contributed by atoms with Crippen LogP contribution in [0.15, 0.2) is 0 Å². The fourth-order valence-corrected chi connectivity index (χ4v) is 0.780. The molecule has 0 radical (unpaired) electrons. The topological polar surface area (TPSA) is 145 Å². The summed E-state index contributed by atoms with van der Waals surface area (Å²) in [6.45, 7) is 0. The maximum atomic E-state index is 10.7. The van der Waals surface area contributed by atoms with E-state index >= 15 is 0 Å². The Morgan fingerprint density at radius 1 is 1.00 bits per heavy atom. The average molecular weight is 224 g/mol. The van der Waals surface area contributed by atoms with Crippen LogP contribution >= 0.6 is 0 Å². The van der Waals surface area contributed by atoms with E-state index in [1.807, 2.05) is 0 Å². The van der Waals surface area contributed by atoms with E-state index in [0.29, 0.717) is 0 Å². The molecular formula is C7H12O8. The van der Waals surface area contributed by atoms with Crippen molar-refractivity contribution in [3.63, 3.8) is 0 Å². The fourth-order valence-electron chi connectivity index (χ4n) is 0.780. The van der Waals surface area contributed by atoms with Crippen LogP contribution in [0.5, 0.6) is 0 Å². The van der Waals surface area contributed by atoms with Crippen LogP contribution < -0.4 is 0 Å². The maximum Gasteiger partial charge on any atom is 0.337 e. The number of methoxy groups -OCH3 is 1. The van der Waals surface area contributed by atoms with Crippen molar-refractivity contribution in [3.8, 4) is 0 Å². The summed E-state index contributed by atoms with van der Waals surface area (Å²) in [5.74, 6) is -3.04. The lowest BCUT2D eigenvalue weighted by Crippen LogP contribution is -2.50. The lowest BCUT2D eigenvalue weighted by molar-refractivity contribution is -0.174. The van der Waals surface area contributed by atoms with Crippen LogP contribution in [0.25, 0.3) is 0 Å². The first kappa shape index (κ1) is 13.8. The number of aliphatic hydroxyl groups excluding tert-OH is 4. The first-order chi connectivity index (χ1) is 6.82. The van der Waals surface area contributed by atoms with Gasteiger partial charge >= 0.3 is 11.9 Å². The molecule has 0 aromatic heterocycles. The standard InChI is InChI=1S/C7H12O8/c1-15-7(14)5(11)3(9)2(8)4(10)6(12)13/h2-5,8-11H,1H3,(H,12,13)/t2-,3+,4+,5-/m0/s1. The second-order valence-corrected chi connectivity index (χ2v) is 2.73. The number of aliphatic hydroxyl groups is 4. The molecule has 0 unspecified atom stereocenters. The molecule has 0 aliphatic heterocycles. The number of rotatable bonds is 5. The van der Waals surface area contributed by atoms with Gasteiger partial charge in [-0.3, -0.25) is 0 Å². The Kier molecular flexibility index (Phi) is 5.15. The van der Waals surface area contributed by atoms with E-state index in [1.165, 1.54) is 0 Å². The number of carboxylic acids is 1. The highest BCUT2D eigenvalue weighted by molar-refractivity contribution is 5.76. The Hall–Kier alpha value is -1.22. The van der Waals surface area contributed by atoms with Crippen molar-refractivity contribution >= 4 is 11.9 Å². The highest BCUT2D eigenvalue weighted by atomic mass is 16.5. The summed E-state index contributed by atoms with van der Waals surface area (Å²) in [6, 6.07) is 0. The van der Waals surface area contributed by atoms with Crippen molar-refractivity contribution in [2.75, 3.05) is 7.11 Å². The first-order valence-corrected chi connectivity index (χ1v) is 3.85. The predicted molar refractivity (Wildman–Crippen MR) is 43.7 cm³/mol. The molecule has 0 aliphatic carbocycles. The SMILES string of the molecule is COC(=O)[C@@H](O)[C@H](O)[C@H](O)[C@@H](O)C(=O)O. The number of ether oxygens (including phenoxy) is 1. The van der Waals surface area contributed by atoms with Crippen LogP contribution in [0.3, 0.4) is 0 Å². The van der Waals surface area contributed by atoms with Gasteiger partial charge in [-0.1, -0.05) is 0 Å². The van der Waals surface area contributed by atoms with Gasteiger partial charge in [0, 0.05) is 0 Å². The van der Waals surface area contributed by atoms with Gasteiger partial charge in [-0.2, -0.15) is 0 Å². The number of carbonyl (C=O) groups is 2. The van der Waals surface area contributed by atoms with Gasteiger partial charge in [0.05, 0.1) is 7.11 Å². The molecule has 0 bridgehead atoms. The molecular weight excluding hydrogens is 212 g/mol. The number of esters is 1. The number of hydrogen-bond donors (Lipinski definition) is 5. The molecule has 5 N–H and O–H groups in total. The summed E-state index contributed by atoms with van der Waals surface area (Å²) in [7, 11) is 0.929. The molecule has 0 saturated carbocycles. The molecule has 0 amide bonds. The molecule has 0 saturated heterocycles. The van der Waals surface area contributed by atoms with Crippen LogP contribution in [0.4, 0.5) is 0 Å². The van der Waals surface area contributed by atoms with Crippen molar-refractivity contribution in [3.05, 3.63) is 0 Å². The Labute approximate surface area is 84.3 Å². The first-order valence-electron chi connectivity index (χ1n) is 3.85. The minimum Gasteiger partial charge on any atom is -0.479 e. The van der Waals surface area contributed by atoms with E-state index in [2.05, 4.69) is 4.74 Å². The fraction of sp³-hybridized carbons (Fsp3) is 0.714. The molecule has 4 atom stereocenters. The second-order valence-electron chi connectivity index (χ2n) is 2.73. The summed E-state index contributed by atoms with van der Waals surface area (Å²) in [6.07, 6.45) is -8.78. The average Bonchev–Trinajstić information content (AvgIpc) is 2.23. The van der Waals surface area contributed by atoms with Gasteiger partial charge in [0.1, 0.15) is 12.2 Å². The van der Waals surface area contributed by atoms with Crippen molar-refractivity contribution in [2.24, 2.45) is 0 Å². The molecule has 15 heavy (non-hydrogen) atoms. The molecule has 0 spiro atoms. The van der Waals surface area contributed by atoms with E-state index in [4.69, 9.17) is 25.5 Å². The Bertz CT molecular complexity index is 239. The van der Waals surface area contributed by atoms with Gasteiger partial charge in [0.2, 0.25) is 0 Å². The Balaban J connectivity index is 4.49. The third kappa shape index (κ3) is 3.44. The van der Waals surface area contributed by atoms with Crippen LogP contribution in [-0.2, 0) is 14.3 Å². The van der Waals surface area contributed by atoms with Crippen LogP contribution in [0.2, 0.25) is 0 Å². The monoisotopic (exact) mass is 224 g/mol. The normalized spacial score (nSPS) is 18.7. The smallest absolute Gasteiger partial charge is 0.337 e. The van der Waals surface area contributed by atoms with Gasteiger partial charge in [-0.05, 0) is 0 Å². The molecule has 0 heterocycles. The molecule has 88 valence electrons. The third-order valence-corrected chi connectivity index (χ3v) is 1.69. The van der Waals surface area contributed by atoms with Crippen molar-refractivity contribution in [1.29, 1.82) is 0 Å². The Morgan fingerprint density at radius 3 is 1.73 bits per heavy atom. The van der Waals surface area contributed by atoms with Crippen LogP contribution in [0, 0.1) is 0 Å². The van der Waals surface area contributed by atoms with E-state index < -0.39 is 36.4 Å². The number of hydrogen-bond acceptors (Lipinski definition) is 7. The molecule has 0 aromatic rings. The van der Waals surface area contributed by atoms with E-state index in [9.17, 15) is 9.59 Å². The van der Waals surface area contributed by atoms with Gasteiger partial charge < -0.3 is 30.3 Å². The maximum absolute atomic E-state index is 10.7. The second kappa shape index (κ2) is 5.61. The molecule has 0 aliphatic rings. The summed E-state index contributed by atoms with van der Waals surface area (Å²) in [5.41, 5.74) is 0. The zero-order chi connectivity index (χ0) is 12.2. The van der Waals surface area contributed by atoms with Gasteiger partial charge in [0.25, 0.3) is 0 Å². The van der Waals surface area contributed by atoms with Crippen LogP contribution in [-0.4, -0.2) is 69.0 Å². The highest BCUT2D eigenvalue weighted by Crippen LogP contribution is 2.06. The highest BCUT2D eigenvalue weighted by Gasteiger charge is 2.37. The zero-order valence-electron chi connectivity index (χ0n) is 7.77. The largest absolute Gasteiger partial charge is 0.479 e. The quantitative estimate of drug-likeness (QED) is 0.305. The molecule has 8 nitrogen and oxygen atoms in total. The molecule has 0 rings (SSSR count). The zero-order valence-corrected chi connectivity index (χ0v) is 7.77. The molecule has 8 heteroatoms. The molecule has 0 aromatic carbocycles. The third-order valence-electron chi connectivity index (χ3n) is 1.69. The number of carboxylic acid groups (broad SMARTS) is 1. The van der Waals surface area contributed by atoms with Gasteiger partial charge in [0.15, 0.2) is 12.2 Å². The van der Waals surface area contributed by atoms with Crippen molar-refractivity contribution in [1.82, 2.24) is 0 Å². The lowest BCUT2D eigenvalue weighted by Gasteiger charge is -2.22. The van der Waals surface area contributed by atoms with Crippen LogP contribution in [0.1, 0.15) is 0 Å². The lowest BCUT2D eigenvalue weighted by atomic mass is 10.0. The predicted octanol–water partition coefficient (Wildman–Crippen LogP) is -3.31.